The normalized spacial score (nSPS) is 16.1. The predicted octanol–water partition coefficient (Wildman–Crippen LogP) is 4.26. The van der Waals surface area contributed by atoms with E-state index in [4.69, 9.17) is 0 Å². The number of halogens is 2. The van der Waals surface area contributed by atoms with Crippen LogP contribution >= 0.6 is 0 Å². The molecule has 0 spiro atoms. The number of nitrogens with zero attached hydrogens (tertiary/aromatic N) is 2. The van der Waals surface area contributed by atoms with Crippen molar-refractivity contribution in [2.45, 2.75) is 25.6 Å². The molecule has 1 aliphatic heterocycles. The van der Waals surface area contributed by atoms with E-state index in [1.54, 1.807) is 12.1 Å². The first kappa shape index (κ1) is 18.2. The van der Waals surface area contributed by atoms with Crippen molar-refractivity contribution >= 4 is 5.91 Å². The number of alkyl halides is 2. The number of ether oxygens (including phenoxy) is 1. The van der Waals surface area contributed by atoms with Crippen LogP contribution in [0.2, 0.25) is 0 Å². The molecule has 1 aliphatic rings. The lowest BCUT2D eigenvalue weighted by atomic mass is 9.99. The van der Waals surface area contributed by atoms with Crippen molar-refractivity contribution in [1.82, 2.24) is 9.47 Å². The molecule has 4 nitrogen and oxygen atoms in total. The SMILES string of the molecule is O=C(Cc1ccc(OC(F)F)cc1)N1CCn2cccc2C1c1ccccc1. The number of carbonyl (C=O) groups is 1. The molecule has 1 aromatic heterocycles. The Morgan fingerprint density at radius 1 is 1.00 bits per heavy atom. The second-order valence-electron chi connectivity index (χ2n) is 6.73. The molecular formula is C22H20F2N2O2. The maximum atomic E-state index is 13.1. The number of hydrogen-bond donors (Lipinski definition) is 0. The van der Waals surface area contributed by atoms with Gasteiger partial charge < -0.3 is 14.2 Å². The number of fused-ring (bicyclic) bond motifs is 1. The zero-order chi connectivity index (χ0) is 19.5. The van der Waals surface area contributed by atoms with Crippen LogP contribution in [-0.4, -0.2) is 28.5 Å². The minimum atomic E-state index is -2.86. The molecule has 144 valence electrons. The van der Waals surface area contributed by atoms with E-state index in [1.165, 1.54) is 12.1 Å². The summed E-state index contributed by atoms with van der Waals surface area (Å²) >= 11 is 0. The second kappa shape index (κ2) is 7.84. The molecule has 28 heavy (non-hydrogen) atoms. The van der Waals surface area contributed by atoms with E-state index in [0.29, 0.717) is 6.54 Å². The monoisotopic (exact) mass is 382 g/mol. The molecule has 0 fully saturated rings. The van der Waals surface area contributed by atoms with Crippen molar-refractivity contribution in [3.8, 4) is 5.75 Å². The number of benzene rings is 2. The highest BCUT2D eigenvalue weighted by atomic mass is 19.3. The Labute approximate surface area is 162 Å². The zero-order valence-corrected chi connectivity index (χ0v) is 15.2. The van der Waals surface area contributed by atoms with Crippen LogP contribution in [0.25, 0.3) is 0 Å². The average molecular weight is 382 g/mol. The Morgan fingerprint density at radius 2 is 1.75 bits per heavy atom. The Morgan fingerprint density at radius 3 is 2.46 bits per heavy atom. The van der Waals surface area contributed by atoms with Crippen molar-refractivity contribution in [2.75, 3.05) is 6.54 Å². The fourth-order valence-corrected chi connectivity index (χ4v) is 3.70. The largest absolute Gasteiger partial charge is 0.435 e. The smallest absolute Gasteiger partial charge is 0.387 e. The first-order valence-corrected chi connectivity index (χ1v) is 9.15. The van der Waals surface area contributed by atoms with Gasteiger partial charge in [-0.25, -0.2) is 0 Å². The van der Waals surface area contributed by atoms with Crippen molar-refractivity contribution in [2.24, 2.45) is 0 Å². The van der Waals surface area contributed by atoms with E-state index >= 15 is 0 Å². The molecule has 1 amide bonds. The van der Waals surface area contributed by atoms with Crippen LogP contribution < -0.4 is 4.74 Å². The van der Waals surface area contributed by atoms with Crippen LogP contribution in [0.3, 0.4) is 0 Å². The van der Waals surface area contributed by atoms with E-state index in [1.807, 2.05) is 53.6 Å². The number of amides is 1. The summed E-state index contributed by atoms with van der Waals surface area (Å²) in [5.41, 5.74) is 2.92. The summed E-state index contributed by atoms with van der Waals surface area (Å²) in [6, 6.07) is 20.1. The molecule has 0 aliphatic carbocycles. The molecular weight excluding hydrogens is 362 g/mol. The van der Waals surface area contributed by atoms with E-state index in [0.717, 1.165) is 23.4 Å². The highest BCUT2D eigenvalue weighted by molar-refractivity contribution is 5.80. The van der Waals surface area contributed by atoms with Gasteiger partial charge in [0.25, 0.3) is 0 Å². The molecule has 1 unspecified atom stereocenters. The van der Waals surface area contributed by atoms with Gasteiger partial charge in [-0.1, -0.05) is 42.5 Å². The maximum absolute atomic E-state index is 13.1. The molecule has 3 aromatic rings. The van der Waals surface area contributed by atoms with Gasteiger partial charge in [-0.15, -0.1) is 0 Å². The lowest BCUT2D eigenvalue weighted by Crippen LogP contribution is -2.43. The third-order valence-electron chi connectivity index (χ3n) is 4.98. The number of carbonyl (C=O) groups excluding carboxylic acids is 1. The molecule has 0 N–H and O–H groups in total. The van der Waals surface area contributed by atoms with Gasteiger partial charge in [-0.05, 0) is 35.4 Å². The topological polar surface area (TPSA) is 34.5 Å². The van der Waals surface area contributed by atoms with Gasteiger partial charge in [-0.3, -0.25) is 4.79 Å². The van der Waals surface area contributed by atoms with Crippen LogP contribution in [0, 0.1) is 0 Å². The average Bonchev–Trinajstić information content (AvgIpc) is 3.18. The lowest BCUT2D eigenvalue weighted by Gasteiger charge is -2.37. The minimum absolute atomic E-state index is 0.00355. The summed E-state index contributed by atoms with van der Waals surface area (Å²) in [7, 11) is 0. The first-order valence-electron chi connectivity index (χ1n) is 9.15. The maximum Gasteiger partial charge on any atom is 0.387 e. The highest BCUT2D eigenvalue weighted by Gasteiger charge is 2.31. The molecule has 4 rings (SSSR count). The predicted molar refractivity (Wildman–Crippen MR) is 101 cm³/mol. The Bertz CT molecular complexity index is 939. The standard InChI is InChI=1S/C22H20F2N2O2/c23-22(24)28-18-10-8-16(9-11-18)15-20(27)26-14-13-25-12-4-7-19(25)21(26)17-5-2-1-3-6-17/h1-12,21-22H,13-15H2. The number of hydrogen-bond acceptors (Lipinski definition) is 2. The molecule has 0 saturated carbocycles. The number of aromatic nitrogens is 1. The lowest BCUT2D eigenvalue weighted by molar-refractivity contribution is -0.133. The van der Waals surface area contributed by atoms with Crippen LogP contribution in [0.15, 0.2) is 72.9 Å². The van der Waals surface area contributed by atoms with E-state index in [2.05, 4.69) is 9.30 Å². The summed E-state index contributed by atoms with van der Waals surface area (Å²) < 4.78 is 31.1. The Balaban J connectivity index is 1.56. The molecule has 6 heteroatoms. The van der Waals surface area contributed by atoms with Crippen LogP contribution in [0.1, 0.15) is 22.9 Å². The molecule has 2 aromatic carbocycles. The fourth-order valence-electron chi connectivity index (χ4n) is 3.70. The summed E-state index contributed by atoms with van der Waals surface area (Å²) in [5, 5.41) is 0. The van der Waals surface area contributed by atoms with Crippen molar-refractivity contribution in [3.63, 3.8) is 0 Å². The van der Waals surface area contributed by atoms with Gasteiger partial charge in [0.05, 0.1) is 12.5 Å². The quantitative estimate of drug-likeness (QED) is 0.661. The second-order valence-corrected chi connectivity index (χ2v) is 6.73. The van der Waals surface area contributed by atoms with Crippen LogP contribution in [-0.2, 0) is 17.8 Å². The highest BCUT2D eigenvalue weighted by Crippen LogP contribution is 2.32. The molecule has 2 heterocycles. The summed E-state index contributed by atoms with van der Waals surface area (Å²) in [5.74, 6) is 0.0907. The Kier molecular flexibility index (Phi) is 5.10. The van der Waals surface area contributed by atoms with E-state index in [-0.39, 0.29) is 24.1 Å². The van der Waals surface area contributed by atoms with Crippen molar-refractivity contribution < 1.29 is 18.3 Å². The zero-order valence-electron chi connectivity index (χ0n) is 15.2. The Hall–Kier alpha value is -3.15. The van der Waals surface area contributed by atoms with Gasteiger partial charge in [0.1, 0.15) is 5.75 Å². The van der Waals surface area contributed by atoms with Gasteiger partial charge >= 0.3 is 6.61 Å². The molecule has 0 saturated heterocycles. The minimum Gasteiger partial charge on any atom is -0.435 e. The molecule has 1 atom stereocenters. The fraction of sp³-hybridized carbons (Fsp3) is 0.227. The van der Waals surface area contributed by atoms with Crippen LogP contribution in [0.5, 0.6) is 5.75 Å². The van der Waals surface area contributed by atoms with Gasteiger partial charge in [0, 0.05) is 25.0 Å². The van der Waals surface area contributed by atoms with Gasteiger partial charge in [-0.2, -0.15) is 8.78 Å². The van der Waals surface area contributed by atoms with E-state index in [9.17, 15) is 13.6 Å². The summed E-state index contributed by atoms with van der Waals surface area (Å²) in [6.07, 6.45) is 2.24. The summed E-state index contributed by atoms with van der Waals surface area (Å²) in [4.78, 5) is 15.0. The third kappa shape index (κ3) is 3.76. The van der Waals surface area contributed by atoms with Crippen LogP contribution in [0.4, 0.5) is 8.78 Å². The number of rotatable bonds is 5. The van der Waals surface area contributed by atoms with E-state index < -0.39 is 6.61 Å². The van der Waals surface area contributed by atoms with Gasteiger partial charge in [0.15, 0.2) is 0 Å². The first-order chi connectivity index (χ1) is 13.6. The van der Waals surface area contributed by atoms with Crippen molar-refractivity contribution in [1.29, 1.82) is 0 Å². The van der Waals surface area contributed by atoms with Gasteiger partial charge in [0.2, 0.25) is 5.91 Å². The molecule has 0 bridgehead atoms. The third-order valence-corrected chi connectivity index (χ3v) is 4.98. The van der Waals surface area contributed by atoms with Crippen molar-refractivity contribution in [3.05, 3.63) is 89.7 Å². The summed E-state index contributed by atoms with van der Waals surface area (Å²) in [6.45, 7) is -1.49. The molecule has 0 radical (unpaired) electrons.